The van der Waals surface area contributed by atoms with E-state index in [0.717, 1.165) is 39.0 Å². The molecule has 2 aliphatic heterocycles. The number of aromatic nitrogens is 1. The SMILES string of the molecule is COc1ccc(CN2CC(=O)N3C(c4ccccc4)c4[nH]c5ccccc5c4C[C@@H]3C2=O)cc1. The zero-order chi connectivity index (χ0) is 23.2. The predicted molar refractivity (Wildman–Crippen MR) is 129 cm³/mol. The van der Waals surface area contributed by atoms with E-state index in [-0.39, 0.29) is 24.4 Å². The highest BCUT2D eigenvalue weighted by molar-refractivity contribution is 5.97. The molecule has 1 saturated heterocycles. The van der Waals surface area contributed by atoms with Gasteiger partial charge in [0.2, 0.25) is 11.8 Å². The molecule has 0 spiro atoms. The van der Waals surface area contributed by atoms with Crippen LogP contribution in [0.15, 0.2) is 78.9 Å². The number of para-hydroxylation sites is 1. The number of aromatic amines is 1. The minimum atomic E-state index is -0.531. The zero-order valence-electron chi connectivity index (χ0n) is 18.9. The van der Waals surface area contributed by atoms with Gasteiger partial charge in [0.1, 0.15) is 18.3 Å². The highest BCUT2D eigenvalue weighted by Crippen LogP contribution is 2.42. The van der Waals surface area contributed by atoms with Gasteiger partial charge in [-0.2, -0.15) is 0 Å². The van der Waals surface area contributed by atoms with E-state index >= 15 is 0 Å². The van der Waals surface area contributed by atoms with Crippen LogP contribution < -0.4 is 4.74 Å². The molecule has 2 atom stereocenters. The molecule has 1 fully saturated rings. The molecule has 34 heavy (non-hydrogen) atoms. The molecule has 1 N–H and O–H groups in total. The topological polar surface area (TPSA) is 65.6 Å². The fourth-order valence-electron chi connectivity index (χ4n) is 5.39. The first-order valence-corrected chi connectivity index (χ1v) is 11.5. The Morgan fingerprint density at radius 1 is 0.941 bits per heavy atom. The van der Waals surface area contributed by atoms with Crippen molar-refractivity contribution in [2.45, 2.75) is 25.0 Å². The molecule has 0 radical (unpaired) electrons. The van der Waals surface area contributed by atoms with E-state index in [1.54, 1.807) is 16.9 Å². The maximum atomic E-state index is 13.8. The zero-order valence-corrected chi connectivity index (χ0v) is 18.9. The Hall–Kier alpha value is -4.06. The molecule has 0 saturated carbocycles. The van der Waals surface area contributed by atoms with Crippen molar-refractivity contribution in [3.63, 3.8) is 0 Å². The Bertz CT molecular complexity index is 1380. The average molecular weight is 452 g/mol. The van der Waals surface area contributed by atoms with Gasteiger partial charge < -0.3 is 19.5 Å². The van der Waals surface area contributed by atoms with Gasteiger partial charge in [-0.25, -0.2) is 0 Å². The number of hydrogen-bond donors (Lipinski definition) is 1. The molecule has 6 heteroatoms. The lowest BCUT2D eigenvalue weighted by Gasteiger charge is -2.47. The molecule has 3 aromatic carbocycles. The molecule has 6 nitrogen and oxygen atoms in total. The number of ether oxygens (including phenoxy) is 1. The molecular formula is C28H25N3O3. The summed E-state index contributed by atoms with van der Waals surface area (Å²) >= 11 is 0. The van der Waals surface area contributed by atoms with E-state index in [9.17, 15) is 9.59 Å². The Kier molecular flexibility index (Phi) is 4.87. The number of benzene rings is 3. The second-order valence-electron chi connectivity index (χ2n) is 8.94. The first-order valence-electron chi connectivity index (χ1n) is 11.5. The van der Waals surface area contributed by atoms with Crippen molar-refractivity contribution >= 4 is 22.7 Å². The standard InChI is InChI=1S/C28H25N3O3/c1-34-20-13-11-18(12-14-20)16-30-17-25(32)31-24(28(30)33)15-22-21-9-5-6-10-23(21)29-26(22)27(31)19-7-3-2-4-8-19/h2-14,24,27,29H,15-17H2,1H3/t24-,27?/m1/s1. The number of rotatable bonds is 4. The van der Waals surface area contributed by atoms with E-state index in [1.807, 2.05) is 72.8 Å². The highest BCUT2D eigenvalue weighted by Gasteiger charge is 2.48. The van der Waals surface area contributed by atoms with Crippen LogP contribution in [0.2, 0.25) is 0 Å². The molecule has 170 valence electrons. The van der Waals surface area contributed by atoms with Crippen LogP contribution in [0.3, 0.4) is 0 Å². The monoisotopic (exact) mass is 451 g/mol. The van der Waals surface area contributed by atoms with Gasteiger partial charge in [0.25, 0.3) is 0 Å². The Morgan fingerprint density at radius 3 is 2.44 bits per heavy atom. The summed E-state index contributed by atoms with van der Waals surface area (Å²) in [6.45, 7) is 0.468. The van der Waals surface area contributed by atoms with Crippen molar-refractivity contribution in [1.82, 2.24) is 14.8 Å². The van der Waals surface area contributed by atoms with Crippen LogP contribution in [0.5, 0.6) is 5.75 Å². The Morgan fingerprint density at radius 2 is 1.68 bits per heavy atom. The van der Waals surface area contributed by atoms with Crippen LogP contribution in [-0.2, 0) is 22.6 Å². The van der Waals surface area contributed by atoms with Crippen molar-refractivity contribution in [3.05, 3.63) is 101 Å². The van der Waals surface area contributed by atoms with E-state index in [4.69, 9.17) is 4.74 Å². The largest absolute Gasteiger partial charge is 0.497 e. The van der Waals surface area contributed by atoms with Gasteiger partial charge in [-0.3, -0.25) is 9.59 Å². The van der Waals surface area contributed by atoms with Gasteiger partial charge in [-0.1, -0.05) is 60.7 Å². The van der Waals surface area contributed by atoms with E-state index in [2.05, 4.69) is 11.1 Å². The fourth-order valence-corrected chi connectivity index (χ4v) is 5.39. The number of hydrogen-bond acceptors (Lipinski definition) is 3. The maximum Gasteiger partial charge on any atom is 0.246 e. The molecule has 0 aliphatic carbocycles. The minimum Gasteiger partial charge on any atom is -0.497 e. The quantitative estimate of drug-likeness (QED) is 0.509. The number of methoxy groups -OCH3 is 1. The van der Waals surface area contributed by atoms with Crippen molar-refractivity contribution in [3.8, 4) is 5.75 Å². The first kappa shape index (κ1) is 20.5. The second kappa shape index (κ2) is 8.06. The summed E-state index contributed by atoms with van der Waals surface area (Å²) in [6.07, 6.45) is 0.506. The van der Waals surface area contributed by atoms with Crippen molar-refractivity contribution in [2.24, 2.45) is 0 Å². The normalized spacial score (nSPS) is 19.8. The average Bonchev–Trinajstić information content (AvgIpc) is 3.25. The van der Waals surface area contributed by atoms with Crippen LogP contribution in [0.1, 0.15) is 28.4 Å². The van der Waals surface area contributed by atoms with Crippen LogP contribution in [0, 0.1) is 0 Å². The molecule has 2 aliphatic rings. The lowest BCUT2D eigenvalue weighted by Crippen LogP contribution is -2.62. The number of amides is 2. The lowest BCUT2D eigenvalue weighted by atomic mass is 9.86. The lowest BCUT2D eigenvalue weighted by molar-refractivity contribution is -0.159. The Balaban J connectivity index is 1.41. The van der Waals surface area contributed by atoms with E-state index in [0.29, 0.717) is 13.0 Å². The van der Waals surface area contributed by atoms with Gasteiger partial charge in [0, 0.05) is 29.6 Å². The maximum absolute atomic E-state index is 13.8. The van der Waals surface area contributed by atoms with Crippen molar-refractivity contribution in [2.75, 3.05) is 13.7 Å². The summed E-state index contributed by atoms with van der Waals surface area (Å²) in [5.41, 5.74) is 5.14. The molecule has 0 bridgehead atoms. The number of carbonyl (C=O) groups excluding carboxylic acids is 2. The third-order valence-corrected chi connectivity index (χ3v) is 6.99. The van der Waals surface area contributed by atoms with Crippen LogP contribution in [-0.4, -0.2) is 46.3 Å². The van der Waals surface area contributed by atoms with Crippen LogP contribution in [0.25, 0.3) is 10.9 Å². The summed E-state index contributed by atoms with van der Waals surface area (Å²) in [7, 11) is 1.63. The number of piperazine rings is 1. The molecule has 4 aromatic rings. The predicted octanol–water partition coefficient (Wildman–Crippen LogP) is 4.06. The molecule has 6 rings (SSSR count). The van der Waals surface area contributed by atoms with E-state index < -0.39 is 6.04 Å². The van der Waals surface area contributed by atoms with Gasteiger partial charge in [-0.15, -0.1) is 0 Å². The molecule has 3 heterocycles. The Labute approximate surface area is 197 Å². The van der Waals surface area contributed by atoms with Crippen molar-refractivity contribution < 1.29 is 14.3 Å². The van der Waals surface area contributed by atoms with Crippen LogP contribution in [0.4, 0.5) is 0 Å². The molecule has 1 aromatic heterocycles. The van der Waals surface area contributed by atoms with Crippen LogP contribution >= 0.6 is 0 Å². The number of H-pyrrole nitrogens is 1. The summed E-state index contributed by atoms with van der Waals surface area (Å²) in [5.74, 6) is 0.726. The third kappa shape index (κ3) is 3.25. The van der Waals surface area contributed by atoms with E-state index in [1.165, 1.54) is 0 Å². The van der Waals surface area contributed by atoms with Gasteiger partial charge in [0.15, 0.2) is 0 Å². The van der Waals surface area contributed by atoms with Gasteiger partial charge in [-0.05, 0) is 34.9 Å². The number of nitrogens with one attached hydrogen (secondary N) is 1. The number of fused-ring (bicyclic) bond motifs is 4. The third-order valence-electron chi connectivity index (χ3n) is 6.99. The second-order valence-corrected chi connectivity index (χ2v) is 8.94. The van der Waals surface area contributed by atoms with Crippen molar-refractivity contribution in [1.29, 1.82) is 0 Å². The highest BCUT2D eigenvalue weighted by atomic mass is 16.5. The number of nitrogens with zero attached hydrogens (tertiary/aromatic N) is 2. The molecule has 2 amide bonds. The summed E-state index contributed by atoms with van der Waals surface area (Å²) < 4.78 is 5.24. The summed E-state index contributed by atoms with van der Waals surface area (Å²) in [5, 5.41) is 1.12. The van der Waals surface area contributed by atoms with Gasteiger partial charge in [0.05, 0.1) is 13.2 Å². The fraction of sp³-hybridized carbons (Fsp3) is 0.214. The molecule has 1 unspecified atom stereocenters. The molecular weight excluding hydrogens is 426 g/mol. The summed E-state index contributed by atoms with van der Waals surface area (Å²) in [6, 6.07) is 24.9. The first-order chi connectivity index (χ1) is 16.6. The smallest absolute Gasteiger partial charge is 0.246 e. The van der Waals surface area contributed by atoms with Gasteiger partial charge >= 0.3 is 0 Å². The summed E-state index contributed by atoms with van der Waals surface area (Å²) in [4.78, 5) is 34.4. The number of carbonyl (C=O) groups is 2. The minimum absolute atomic E-state index is 0.00715.